The van der Waals surface area contributed by atoms with Crippen molar-refractivity contribution in [3.63, 3.8) is 0 Å². The molecule has 158 valence electrons. The maximum atomic E-state index is 14.0. The molecular formula is C18H19BrClF3N4O2. The highest BCUT2D eigenvalue weighted by Crippen LogP contribution is 2.39. The van der Waals surface area contributed by atoms with Crippen LogP contribution in [0.5, 0.6) is 0 Å². The van der Waals surface area contributed by atoms with E-state index in [0.29, 0.717) is 11.4 Å². The molecule has 1 N–H and O–H groups in total. The number of carbonyl (C=O) groups is 2. The normalized spacial score (nSPS) is 20.4. The summed E-state index contributed by atoms with van der Waals surface area (Å²) in [6.07, 6.45) is 0. The Bertz CT molecular complexity index is 875. The first kappa shape index (κ1) is 23.2. The van der Waals surface area contributed by atoms with E-state index in [4.69, 9.17) is 11.6 Å². The number of benzene rings is 1. The zero-order valence-electron chi connectivity index (χ0n) is 15.8. The number of rotatable bonds is 6. The fourth-order valence-corrected chi connectivity index (χ4v) is 3.94. The Balaban J connectivity index is 2.42. The Morgan fingerprint density at radius 1 is 1.48 bits per heavy atom. The number of nitrogens with one attached hydrogen (secondary N) is 1. The van der Waals surface area contributed by atoms with Crippen LogP contribution in [0.15, 0.2) is 32.9 Å². The molecule has 1 aliphatic rings. The number of hydrogen-bond acceptors (Lipinski definition) is 4. The Labute approximate surface area is 179 Å². The number of hydrogen-bond donors (Lipinski definition) is 1. The summed E-state index contributed by atoms with van der Waals surface area (Å²) >= 11 is 9.51. The molecule has 2 amide bonds. The van der Waals surface area contributed by atoms with E-state index in [-0.39, 0.29) is 11.7 Å². The van der Waals surface area contributed by atoms with Crippen molar-refractivity contribution in [3.8, 4) is 0 Å². The summed E-state index contributed by atoms with van der Waals surface area (Å²) in [5.41, 5.74) is -1.35. The van der Waals surface area contributed by atoms with Crippen LogP contribution in [0.1, 0.15) is 12.5 Å². The maximum absolute atomic E-state index is 14.0. The molecular weight excluding hydrogens is 477 g/mol. The molecule has 1 aliphatic heterocycles. The highest BCUT2D eigenvalue weighted by atomic mass is 79.9. The van der Waals surface area contributed by atoms with Crippen LogP contribution in [0.3, 0.4) is 0 Å². The minimum atomic E-state index is -3.54. The van der Waals surface area contributed by atoms with Crippen LogP contribution in [0.4, 0.5) is 18.9 Å². The number of amides is 2. The fraction of sp³-hybridized carbons (Fsp3) is 0.389. The average Bonchev–Trinajstić information content (AvgIpc) is 2.93. The van der Waals surface area contributed by atoms with E-state index in [9.17, 15) is 22.8 Å². The van der Waals surface area contributed by atoms with Crippen LogP contribution >= 0.6 is 27.5 Å². The molecule has 0 radical (unpaired) electrons. The first-order valence-corrected chi connectivity index (χ1v) is 9.55. The number of hydrazone groups is 1. The van der Waals surface area contributed by atoms with Crippen molar-refractivity contribution >= 4 is 51.8 Å². The number of carbonyl (C=O) groups excluding carboxylic acids is 2. The minimum absolute atomic E-state index is 0.109. The average molecular weight is 496 g/mol. The van der Waals surface area contributed by atoms with Gasteiger partial charge in [-0.15, -0.1) is 0 Å². The smallest absolute Gasteiger partial charge is 0.275 e. The lowest BCUT2D eigenvalue weighted by Gasteiger charge is -2.21. The number of alkyl halides is 2. The Morgan fingerprint density at radius 3 is 2.66 bits per heavy atom. The van der Waals surface area contributed by atoms with Gasteiger partial charge >= 0.3 is 0 Å². The van der Waals surface area contributed by atoms with E-state index in [1.54, 1.807) is 0 Å². The molecule has 2 atom stereocenters. The second kappa shape index (κ2) is 8.74. The van der Waals surface area contributed by atoms with Crippen molar-refractivity contribution in [1.82, 2.24) is 9.91 Å². The lowest BCUT2D eigenvalue weighted by atomic mass is 9.94. The van der Waals surface area contributed by atoms with Crippen molar-refractivity contribution in [2.75, 3.05) is 26.0 Å². The lowest BCUT2D eigenvalue weighted by molar-refractivity contribution is -0.135. The second-order valence-corrected chi connectivity index (χ2v) is 7.86. The molecule has 1 aromatic carbocycles. The molecule has 0 aliphatic carbocycles. The van der Waals surface area contributed by atoms with Crippen molar-refractivity contribution in [3.05, 3.63) is 39.2 Å². The molecule has 0 spiro atoms. The van der Waals surface area contributed by atoms with E-state index in [1.807, 2.05) is 0 Å². The molecule has 11 heteroatoms. The Morgan fingerprint density at radius 2 is 2.10 bits per heavy atom. The quantitative estimate of drug-likeness (QED) is 0.281. The van der Waals surface area contributed by atoms with Crippen molar-refractivity contribution in [2.24, 2.45) is 16.9 Å². The van der Waals surface area contributed by atoms with Gasteiger partial charge in [0, 0.05) is 44.7 Å². The zero-order chi connectivity index (χ0) is 22.1. The predicted molar refractivity (Wildman–Crippen MR) is 108 cm³/mol. The first-order chi connectivity index (χ1) is 13.4. The molecule has 0 saturated carbocycles. The predicted octanol–water partition coefficient (Wildman–Crippen LogP) is 3.93. The van der Waals surface area contributed by atoms with E-state index in [1.165, 1.54) is 30.1 Å². The van der Waals surface area contributed by atoms with E-state index in [2.05, 4.69) is 33.1 Å². The van der Waals surface area contributed by atoms with Gasteiger partial charge in [-0.3, -0.25) is 14.6 Å². The molecule has 1 aromatic rings. The van der Waals surface area contributed by atoms with E-state index >= 15 is 0 Å². The molecule has 1 fully saturated rings. The van der Waals surface area contributed by atoms with Gasteiger partial charge in [-0.1, -0.05) is 33.6 Å². The monoisotopic (exact) mass is 494 g/mol. The third-order valence-electron chi connectivity index (χ3n) is 4.53. The molecule has 1 saturated heterocycles. The van der Waals surface area contributed by atoms with Crippen LogP contribution in [0.2, 0.25) is 0 Å². The van der Waals surface area contributed by atoms with Gasteiger partial charge in [0.2, 0.25) is 11.8 Å². The van der Waals surface area contributed by atoms with Gasteiger partial charge in [-0.2, -0.15) is 5.10 Å². The minimum Gasteiger partial charge on any atom is -0.344 e. The van der Waals surface area contributed by atoms with Gasteiger partial charge in [-0.25, -0.2) is 13.2 Å². The highest BCUT2D eigenvalue weighted by molar-refractivity contribution is 9.11. The van der Waals surface area contributed by atoms with Gasteiger partial charge in [0.15, 0.2) is 0 Å². The van der Waals surface area contributed by atoms with Crippen LogP contribution in [-0.4, -0.2) is 49.1 Å². The highest BCUT2D eigenvalue weighted by Gasteiger charge is 2.46. The molecule has 6 nitrogen and oxygen atoms in total. The first-order valence-electron chi connectivity index (χ1n) is 8.38. The summed E-state index contributed by atoms with van der Waals surface area (Å²) in [6.45, 7) is 4.02. The summed E-state index contributed by atoms with van der Waals surface area (Å²) in [5.74, 6) is -8.04. The van der Waals surface area contributed by atoms with Gasteiger partial charge in [0.25, 0.3) is 5.92 Å². The molecule has 2 rings (SSSR count). The molecule has 0 unspecified atom stereocenters. The third kappa shape index (κ3) is 4.75. The topological polar surface area (TPSA) is 65.0 Å². The van der Waals surface area contributed by atoms with Crippen molar-refractivity contribution in [1.29, 1.82) is 0 Å². The molecule has 29 heavy (non-hydrogen) atoms. The number of halogens is 5. The van der Waals surface area contributed by atoms with Gasteiger partial charge in [0.1, 0.15) is 16.9 Å². The Kier molecular flexibility index (Phi) is 7.00. The lowest BCUT2D eigenvalue weighted by Crippen LogP contribution is -2.34. The molecule has 0 aromatic heterocycles. The van der Waals surface area contributed by atoms with Crippen LogP contribution < -0.4 is 5.32 Å². The summed E-state index contributed by atoms with van der Waals surface area (Å²) in [6, 6.07) is 3.22. The van der Waals surface area contributed by atoms with E-state index in [0.717, 1.165) is 12.1 Å². The van der Waals surface area contributed by atoms with Gasteiger partial charge < -0.3 is 10.2 Å². The third-order valence-corrected chi connectivity index (χ3v) is 6.17. The standard InChI is InChI=1S/C18H19BrClF3N4O2/c1-18(22,23)13-10(21)6-5-7-11(13)25-16(28)12-9(8-26(3)17(12)29)14(19)15(20)27(4)24-2/h5-7,9,12H,2,8H2,1,3-4H3,(H,25,28)/b15-14-/t9-,12-/m0/s1. The maximum Gasteiger partial charge on any atom is 0.275 e. The molecule has 0 bridgehead atoms. The second-order valence-electron chi connectivity index (χ2n) is 6.65. The van der Waals surface area contributed by atoms with Crippen LogP contribution in [0.25, 0.3) is 0 Å². The summed E-state index contributed by atoms with van der Waals surface area (Å²) in [5, 5.41) is 7.27. The van der Waals surface area contributed by atoms with Crippen molar-refractivity contribution in [2.45, 2.75) is 12.8 Å². The summed E-state index contributed by atoms with van der Waals surface area (Å²) in [4.78, 5) is 26.8. The SMILES string of the molecule is C=NN(C)/C(Cl)=C(\Br)[C@H]1CN(C)C(=O)[C@@H]1C(=O)Nc1cccc(F)c1C(C)(F)F. The largest absolute Gasteiger partial charge is 0.344 e. The molecule has 1 heterocycles. The van der Waals surface area contributed by atoms with E-state index < -0.39 is 46.6 Å². The van der Waals surface area contributed by atoms with Crippen molar-refractivity contribution < 1.29 is 22.8 Å². The zero-order valence-corrected chi connectivity index (χ0v) is 18.2. The Hall–Kier alpha value is -2.07. The van der Waals surface area contributed by atoms with Crippen LogP contribution in [-0.2, 0) is 15.5 Å². The summed E-state index contributed by atoms with van der Waals surface area (Å²) in [7, 11) is 3.02. The summed E-state index contributed by atoms with van der Waals surface area (Å²) < 4.78 is 42.0. The number of nitrogens with zero attached hydrogens (tertiary/aromatic N) is 3. The number of anilines is 1. The van der Waals surface area contributed by atoms with Gasteiger partial charge in [-0.05, 0) is 12.1 Å². The van der Waals surface area contributed by atoms with Gasteiger partial charge in [0.05, 0.1) is 11.3 Å². The fourth-order valence-electron chi connectivity index (χ4n) is 3.08. The number of likely N-dealkylation sites (tertiary alicyclic amines) is 1. The van der Waals surface area contributed by atoms with Crippen LogP contribution in [0, 0.1) is 17.7 Å².